The zero-order valence-corrected chi connectivity index (χ0v) is 17.5. The third-order valence-corrected chi connectivity index (χ3v) is 4.12. The topological polar surface area (TPSA) is 91.0 Å². The van der Waals surface area contributed by atoms with Gasteiger partial charge in [-0.2, -0.15) is 0 Å². The summed E-state index contributed by atoms with van der Waals surface area (Å²) in [4.78, 5) is 28.1. The first-order valence-electron chi connectivity index (χ1n) is 9.44. The summed E-state index contributed by atoms with van der Waals surface area (Å²) in [5.41, 5.74) is 5.26. The molecule has 2 N–H and O–H groups in total. The fourth-order valence-corrected chi connectivity index (χ4v) is 2.44. The van der Waals surface area contributed by atoms with Crippen LogP contribution in [0.3, 0.4) is 0 Å². The van der Waals surface area contributed by atoms with Gasteiger partial charge in [0.1, 0.15) is 30.4 Å². The third-order valence-electron chi connectivity index (χ3n) is 4.12. The summed E-state index contributed by atoms with van der Waals surface area (Å²) in [6.45, 7) is 4.53. The van der Waals surface area contributed by atoms with Crippen LogP contribution in [0.15, 0.2) is 59.1 Å². The highest BCUT2D eigenvalue weighted by Crippen LogP contribution is 2.20. The molecule has 0 aromatic heterocycles. The molecule has 8 heteroatoms. The fourth-order valence-electron chi connectivity index (χ4n) is 2.44. The van der Waals surface area contributed by atoms with Gasteiger partial charge in [-0.3, -0.25) is 9.79 Å². The molecule has 0 aliphatic heterocycles. The smallest absolute Gasteiger partial charge is 0.342 e. The number of carbonyl (C=O) groups excluding carboxylic acids is 2. The van der Waals surface area contributed by atoms with Gasteiger partial charge >= 0.3 is 11.9 Å². The van der Waals surface area contributed by atoms with Gasteiger partial charge < -0.3 is 15.2 Å². The maximum absolute atomic E-state index is 14.3. The number of benzene rings is 2. The van der Waals surface area contributed by atoms with Crippen molar-refractivity contribution in [2.75, 3.05) is 6.61 Å². The standard InChI is InChI=1S/C23H24F2N2O4/c1-15(28)31-14-23(2,3)27-12-19(21(26)18-10-9-17(24)11-20(18)25)22(29)30-13-16-7-5-4-6-8-16/h4-12H,13-14,26H2,1-3H3. The highest BCUT2D eigenvalue weighted by atomic mass is 19.1. The van der Waals surface area contributed by atoms with Crippen molar-refractivity contribution in [3.05, 3.63) is 76.9 Å². The van der Waals surface area contributed by atoms with Crippen molar-refractivity contribution in [2.24, 2.45) is 10.7 Å². The molecule has 0 fully saturated rings. The first-order valence-corrected chi connectivity index (χ1v) is 9.44. The highest BCUT2D eigenvalue weighted by molar-refractivity contribution is 6.15. The van der Waals surface area contributed by atoms with E-state index in [9.17, 15) is 18.4 Å². The summed E-state index contributed by atoms with van der Waals surface area (Å²) in [6, 6.07) is 11.8. The maximum Gasteiger partial charge on any atom is 0.342 e. The Morgan fingerprint density at radius 1 is 1.10 bits per heavy atom. The van der Waals surface area contributed by atoms with Gasteiger partial charge in [-0.25, -0.2) is 13.6 Å². The number of hydrogen-bond acceptors (Lipinski definition) is 6. The Balaban J connectivity index is 2.37. The Kier molecular flexibility index (Phi) is 8.01. The van der Waals surface area contributed by atoms with Crippen molar-refractivity contribution < 1.29 is 27.8 Å². The average Bonchev–Trinajstić information content (AvgIpc) is 2.71. The van der Waals surface area contributed by atoms with E-state index in [-0.39, 0.29) is 30.0 Å². The van der Waals surface area contributed by atoms with Gasteiger partial charge in [0.05, 0.1) is 11.2 Å². The Morgan fingerprint density at radius 2 is 1.77 bits per heavy atom. The minimum Gasteiger partial charge on any atom is -0.463 e. The number of nitrogens with two attached hydrogens (primary N) is 1. The normalized spacial score (nSPS) is 12.4. The van der Waals surface area contributed by atoms with Crippen molar-refractivity contribution >= 4 is 23.9 Å². The van der Waals surface area contributed by atoms with Crippen LogP contribution in [-0.2, 0) is 25.7 Å². The molecule has 0 amide bonds. The Morgan fingerprint density at radius 3 is 2.39 bits per heavy atom. The number of aliphatic imine (C=N–C) groups is 1. The molecule has 0 saturated heterocycles. The average molecular weight is 430 g/mol. The molecule has 0 aliphatic carbocycles. The monoisotopic (exact) mass is 430 g/mol. The summed E-state index contributed by atoms with van der Waals surface area (Å²) in [6.07, 6.45) is 1.15. The molecule has 2 aromatic carbocycles. The zero-order valence-electron chi connectivity index (χ0n) is 17.5. The maximum atomic E-state index is 14.3. The molecule has 0 unspecified atom stereocenters. The van der Waals surface area contributed by atoms with E-state index in [2.05, 4.69) is 4.99 Å². The fraction of sp³-hybridized carbons (Fsp3) is 0.261. The summed E-state index contributed by atoms with van der Waals surface area (Å²) in [5.74, 6) is -3.02. The molecule has 2 aromatic rings. The van der Waals surface area contributed by atoms with Gasteiger partial charge in [-0.05, 0) is 31.5 Å². The molecule has 0 aliphatic rings. The lowest BCUT2D eigenvalue weighted by atomic mass is 10.1. The minimum atomic E-state index is -0.932. The van der Waals surface area contributed by atoms with Crippen LogP contribution in [0.4, 0.5) is 8.78 Å². The van der Waals surface area contributed by atoms with E-state index in [1.807, 2.05) is 6.07 Å². The number of hydrogen-bond donors (Lipinski definition) is 1. The number of ether oxygens (including phenoxy) is 2. The SMILES string of the molecule is CC(=O)OCC(C)(C)N=CC(C(=O)OCc1ccccc1)=C(N)c1ccc(F)cc1F. The van der Waals surface area contributed by atoms with E-state index in [0.717, 1.165) is 23.9 Å². The van der Waals surface area contributed by atoms with E-state index < -0.39 is 29.1 Å². The molecule has 6 nitrogen and oxygen atoms in total. The first-order chi connectivity index (χ1) is 14.6. The predicted octanol–water partition coefficient (Wildman–Crippen LogP) is 3.79. The van der Waals surface area contributed by atoms with Crippen LogP contribution in [0.1, 0.15) is 31.9 Å². The molecule has 164 valence electrons. The van der Waals surface area contributed by atoms with Gasteiger partial charge in [0.15, 0.2) is 0 Å². The lowest BCUT2D eigenvalue weighted by Gasteiger charge is -2.19. The second kappa shape index (κ2) is 10.5. The van der Waals surface area contributed by atoms with E-state index in [0.29, 0.717) is 6.07 Å². The van der Waals surface area contributed by atoms with Crippen molar-refractivity contribution in [1.82, 2.24) is 0 Å². The lowest BCUT2D eigenvalue weighted by molar-refractivity contribution is -0.142. The van der Waals surface area contributed by atoms with Gasteiger partial charge in [-0.15, -0.1) is 0 Å². The van der Waals surface area contributed by atoms with Gasteiger partial charge in [0.2, 0.25) is 0 Å². The van der Waals surface area contributed by atoms with E-state index in [4.69, 9.17) is 15.2 Å². The molecule has 0 saturated carbocycles. The first kappa shape index (κ1) is 23.7. The number of rotatable bonds is 8. The molecule has 0 spiro atoms. The second-order valence-corrected chi connectivity index (χ2v) is 7.36. The number of nitrogens with zero attached hydrogens (tertiary/aromatic N) is 1. The summed E-state index contributed by atoms with van der Waals surface area (Å²) < 4.78 is 37.8. The number of carbonyl (C=O) groups is 2. The summed E-state index contributed by atoms with van der Waals surface area (Å²) in [5, 5.41) is 0. The van der Waals surface area contributed by atoms with E-state index in [1.165, 1.54) is 6.92 Å². The molecule has 0 bridgehead atoms. The van der Waals surface area contributed by atoms with Crippen LogP contribution in [-0.4, -0.2) is 30.3 Å². The predicted molar refractivity (Wildman–Crippen MR) is 113 cm³/mol. The van der Waals surface area contributed by atoms with E-state index >= 15 is 0 Å². The molecule has 0 heterocycles. The van der Waals surface area contributed by atoms with Gasteiger partial charge in [0, 0.05) is 24.8 Å². The molecule has 2 rings (SSSR count). The van der Waals surface area contributed by atoms with Crippen LogP contribution in [0.2, 0.25) is 0 Å². The molecule has 0 radical (unpaired) electrons. The zero-order chi connectivity index (χ0) is 23.0. The Labute approximate surface area is 179 Å². The van der Waals surface area contributed by atoms with Crippen LogP contribution < -0.4 is 5.73 Å². The van der Waals surface area contributed by atoms with Crippen molar-refractivity contribution in [2.45, 2.75) is 32.9 Å². The molecular formula is C23H24F2N2O4. The molecule has 31 heavy (non-hydrogen) atoms. The number of esters is 2. The quantitative estimate of drug-likeness (QED) is 0.391. The largest absolute Gasteiger partial charge is 0.463 e. The summed E-state index contributed by atoms with van der Waals surface area (Å²) in [7, 11) is 0. The minimum absolute atomic E-state index is 0.0347. The van der Waals surface area contributed by atoms with E-state index in [1.54, 1.807) is 38.1 Å². The Hall–Kier alpha value is -3.55. The van der Waals surface area contributed by atoms with Crippen LogP contribution >= 0.6 is 0 Å². The summed E-state index contributed by atoms with van der Waals surface area (Å²) >= 11 is 0. The van der Waals surface area contributed by atoms with Crippen molar-refractivity contribution in [3.8, 4) is 0 Å². The Bertz CT molecular complexity index is 1000. The number of halogens is 2. The van der Waals surface area contributed by atoms with Crippen LogP contribution in [0, 0.1) is 11.6 Å². The van der Waals surface area contributed by atoms with Crippen LogP contribution in [0.25, 0.3) is 5.70 Å². The second-order valence-electron chi connectivity index (χ2n) is 7.36. The lowest BCUT2D eigenvalue weighted by Crippen LogP contribution is -2.27. The van der Waals surface area contributed by atoms with Gasteiger partial charge in [0.25, 0.3) is 0 Å². The van der Waals surface area contributed by atoms with Gasteiger partial charge in [-0.1, -0.05) is 30.3 Å². The van der Waals surface area contributed by atoms with Crippen molar-refractivity contribution in [3.63, 3.8) is 0 Å². The van der Waals surface area contributed by atoms with Crippen LogP contribution in [0.5, 0.6) is 0 Å². The highest BCUT2D eigenvalue weighted by Gasteiger charge is 2.22. The van der Waals surface area contributed by atoms with Crippen molar-refractivity contribution in [1.29, 1.82) is 0 Å². The third kappa shape index (κ3) is 7.33. The molecule has 0 atom stereocenters. The molecular weight excluding hydrogens is 406 g/mol.